The minimum absolute atomic E-state index is 0.0617. The normalized spacial score (nSPS) is 36.7. The van der Waals surface area contributed by atoms with Crippen molar-refractivity contribution in [1.82, 2.24) is 10.2 Å². The summed E-state index contributed by atoms with van der Waals surface area (Å²) in [5.41, 5.74) is 6.08. The van der Waals surface area contributed by atoms with Gasteiger partial charge in [0.1, 0.15) is 0 Å². The van der Waals surface area contributed by atoms with Gasteiger partial charge in [0.15, 0.2) is 0 Å². The lowest BCUT2D eigenvalue weighted by atomic mass is 9.85. The van der Waals surface area contributed by atoms with E-state index in [1.807, 2.05) is 6.92 Å². The van der Waals surface area contributed by atoms with Crippen LogP contribution in [0.25, 0.3) is 0 Å². The van der Waals surface area contributed by atoms with Crippen LogP contribution in [-0.2, 0) is 0 Å². The first-order valence-electron chi connectivity index (χ1n) is 6.40. The number of nitrogens with one attached hydrogen (secondary N) is 1. The molecule has 2 heterocycles. The van der Waals surface area contributed by atoms with Gasteiger partial charge < -0.3 is 5.73 Å². The molecular formula is C13H23N3. The molecular weight excluding hydrogens is 198 g/mol. The molecule has 90 valence electrons. The molecule has 3 heteroatoms. The number of piperidine rings is 1. The summed E-state index contributed by atoms with van der Waals surface area (Å²) in [7, 11) is 0. The Balaban J connectivity index is 2.11. The Bertz CT molecular complexity index is 283. The Morgan fingerprint density at radius 3 is 3.06 bits per heavy atom. The molecule has 2 aliphatic heterocycles. The number of nitrogens with two attached hydrogens (primary N) is 1. The predicted molar refractivity (Wildman–Crippen MR) is 67.0 cm³/mol. The van der Waals surface area contributed by atoms with Crippen LogP contribution >= 0.6 is 0 Å². The number of hydrogen-bond acceptors (Lipinski definition) is 3. The zero-order chi connectivity index (χ0) is 11.6. The van der Waals surface area contributed by atoms with Gasteiger partial charge >= 0.3 is 0 Å². The van der Waals surface area contributed by atoms with E-state index in [2.05, 4.69) is 16.1 Å². The van der Waals surface area contributed by atoms with Crippen molar-refractivity contribution in [2.45, 2.75) is 50.2 Å². The summed E-state index contributed by atoms with van der Waals surface area (Å²) < 4.78 is 0. The van der Waals surface area contributed by atoms with Crippen molar-refractivity contribution in [3.63, 3.8) is 0 Å². The molecule has 3 unspecified atom stereocenters. The van der Waals surface area contributed by atoms with Crippen molar-refractivity contribution >= 4 is 0 Å². The first kappa shape index (κ1) is 11.9. The molecule has 2 aliphatic rings. The Morgan fingerprint density at radius 2 is 2.38 bits per heavy atom. The molecule has 2 fully saturated rings. The van der Waals surface area contributed by atoms with Crippen molar-refractivity contribution in [2.75, 3.05) is 19.6 Å². The van der Waals surface area contributed by atoms with E-state index in [0.717, 1.165) is 6.42 Å². The van der Waals surface area contributed by atoms with Crippen LogP contribution in [0.5, 0.6) is 0 Å². The first-order valence-corrected chi connectivity index (χ1v) is 6.40. The highest BCUT2D eigenvalue weighted by atomic mass is 15.3. The molecule has 0 spiro atoms. The van der Waals surface area contributed by atoms with Crippen LogP contribution in [0, 0.1) is 12.3 Å². The van der Waals surface area contributed by atoms with Crippen molar-refractivity contribution in [3.8, 4) is 12.3 Å². The summed E-state index contributed by atoms with van der Waals surface area (Å²) in [6.07, 6.45) is 10.5. The van der Waals surface area contributed by atoms with E-state index in [0.29, 0.717) is 12.6 Å². The smallest absolute Gasteiger partial charge is 0.0663 e. The van der Waals surface area contributed by atoms with Crippen LogP contribution in [-0.4, -0.2) is 42.2 Å². The van der Waals surface area contributed by atoms with E-state index in [-0.39, 0.29) is 11.6 Å². The minimum atomic E-state index is 0.0617. The van der Waals surface area contributed by atoms with E-state index < -0.39 is 0 Å². The highest BCUT2D eigenvalue weighted by Gasteiger charge is 2.47. The molecule has 2 rings (SSSR count). The van der Waals surface area contributed by atoms with Gasteiger partial charge in [-0.15, -0.1) is 6.42 Å². The second-order valence-corrected chi connectivity index (χ2v) is 5.19. The summed E-state index contributed by atoms with van der Waals surface area (Å²) in [4.78, 5) is 2.59. The molecule has 0 aliphatic carbocycles. The Hall–Kier alpha value is -0.560. The van der Waals surface area contributed by atoms with E-state index in [9.17, 15) is 0 Å². The fourth-order valence-electron chi connectivity index (χ4n) is 3.33. The summed E-state index contributed by atoms with van der Waals surface area (Å²) in [5, 5.41) is 3.59. The average Bonchev–Trinajstić information content (AvgIpc) is 2.69. The van der Waals surface area contributed by atoms with Gasteiger partial charge in [-0.2, -0.15) is 0 Å². The average molecular weight is 221 g/mol. The molecule has 0 aromatic carbocycles. The fraction of sp³-hybridized carbons (Fsp3) is 0.846. The van der Waals surface area contributed by atoms with Gasteiger partial charge in [0.25, 0.3) is 0 Å². The number of hydrogen-bond donors (Lipinski definition) is 2. The molecule has 16 heavy (non-hydrogen) atoms. The molecule has 3 nitrogen and oxygen atoms in total. The topological polar surface area (TPSA) is 41.3 Å². The summed E-state index contributed by atoms with van der Waals surface area (Å²) in [6, 6.07) is 0.715. The third-order valence-electron chi connectivity index (χ3n) is 4.21. The highest BCUT2D eigenvalue weighted by molar-refractivity contribution is 5.11. The van der Waals surface area contributed by atoms with Crippen LogP contribution in [0.4, 0.5) is 0 Å². The van der Waals surface area contributed by atoms with Crippen LogP contribution in [0.3, 0.4) is 0 Å². The summed E-state index contributed by atoms with van der Waals surface area (Å²) >= 11 is 0. The number of rotatable bonds is 3. The van der Waals surface area contributed by atoms with Gasteiger partial charge in [0.05, 0.1) is 6.04 Å². The van der Waals surface area contributed by atoms with Crippen LogP contribution in [0.1, 0.15) is 32.6 Å². The molecule has 0 saturated carbocycles. The maximum absolute atomic E-state index is 6.02. The Morgan fingerprint density at radius 1 is 1.56 bits per heavy atom. The fourth-order valence-corrected chi connectivity index (χ4v) is 3.33. The van der Waals surface area contributed by atoms with Gasteiger partial charge in [-0.1, -0.05) is 12.3 Å². The second kappa shape index (κ2) is 4.75. The van der Waals surface area contributed by atoms with E-state index in [1.54, 1.807) is 0 Å². The first-order chi connectivity index (χ1) is 7.72. The van der Waals surface area contributed by atoms with Gasteiger partial charge in [0.2, 0.25) is 0 Å². The zero-order valence-electron chi connectivity index (χ0n) is 10.2. The maximum Gasteiger partial charge on any atom is 0.0663 e. The Kier molecular flexibility index (Phi) is 3.53. The molecule has 3 N–H and O–H groups in total. The van der Waals surface area contributed by atoms with Gasteiger partial charge in [-0.3, -0.25) is 10.2 Å². The van der Waals surface area contributed by atoms with Crippen molar-refractivity contribution < 1.29 is 0 Å². The molecule has 0 aromatic rings. The molecule has 0 aromatic heterocycles. The molecule has 0 bridgehead atoms. The van der Waals surface area contributed by atoms with Crippen LogP contribution in [0.15, 0.2) is 0 Å². The zero-order valence-corrected chi connectivity index (χ0v) is 10.2. The minimum Gasteiger partial charge on any atom is -0.329 e. The van der Waals surface area contributed by atoms with E-state index >= 15 is 0 Å². The number of fused-ring (bicyclic) bond motifs is 1. The van der Waals surface area contributed by atoms with E-state index in [1.165, 1.54) is 32.4 Å². The second-order valence-electron chi connectivity index (χ2n) is 5.19. The van der Waals surface area contributed by atoms with Gasteiger partial charge in [0, 0.05) is 24.7 Å². The lowest BCUT2D eigenvalue weighted by Crippen LogP contribution is -2.62. The third kappa shape index (κ3) is 1.98. The summed E-state index contributed by atoms with van der Waals surface area (Å²) in [6.45, 7) is 5.15. The van der Waals surface area contributed by atoms with Gasteiger partial charge in [-0.05, 0) is 32.7 Å². The Labute approximate surface area is 98.8 Å². The van der Waals surface area contributed by atoms with Crippen LogP contribution in [0.2, 0.25) is 0 Å². The molecule has 0 amide bonds. The van der Waals surface area contributed by atoms with E-state index in [4.69, 9.17) is 12.2 Å². The standard InChI is InChI=1S/C13H23N3/c1-3-11(2)15-13(10-14)7-9-16-8-5-4-6-12(13)16/h1,11-12,15H,4-10,14H2,2H3. The van der Waals surface area contributed by atoms with Crippen LogP contribution < -0.4 is 11.1 Å². The largest absolute Gasteiger partial charge is 0.329 e. The summed E-state index contributed by atoms with van der Waals surface area (Å²) in [5.74, 6) is 2.76. The SMILES string of the molecule is C#CC(C)NC1(CN)CCN2CCCCC21. The van der Waals surface area contributed by atoms with Gasteiger partial charge in [-0.25, -0.2) is 0 Å². The molecule has 0 radical (unpaired) electrons. The van der Waals surface area contributed by atoms with Crippen molar-refractivity contribution in [2.24, 2.45) is 5.73 Å². The third-order valence-corrected chi connectivity index (χ3v) is 4.21. The number of nitrogens with zero attached hydrogens (tertiary/aromatic N) is 1. The lowest BCUT2D eigenvalue weighted by molar-refractivity contribution is 0.138. The van der Waals surface area contributed by atoms with Crippen molar-refractivity contribution in [1.29, 1.82) is 0 Å². The number of terminal acetylenes is 1. The lowest BCUT2D eigenvalue weighted by Gasteiger charge is -2.41. The maximum atomic E-state index is 6.02. The van der Waals surface area contributed by atoms with Crippen molar-refractivity contribution in [3.05, 3.63) is 0 Å². The molecule has 2 saturated heterocycles. The highest BCUT2D eigenvalue weighted by Crippen LogP contribution is 2.34. The predicted octanol–water partition coefficient (Wildman–Crippen LogP) is 0.553. The molecule has 3 atom stereocenters. The quantitative estimate of drug-likeness (QED) is 0.684. The monoisotopic (exact) mass is 221 g/mol.